The minimum absolute atomic E-state index is 0.0146. The number of carbonyl (C=O) groups excluding carboxylic acids is 1. The monoisotopic (exact) mass is 576 g/mol. The highest BCUT2D eigenvalue weighted by atomic mass is 19.3. The zero-order chi connectivity index (χ0) is 29.8. The van der Waals surface area contributed by atoms with Crippen molar-refractivity contribution >= 4 is 11.7 Å². The molecule has 1 unspecified atom stereocenters. The Kier molecular flexibility index (Phi) is 6.59. The summed E-state index contributed by atoms with van der Waals surface area (Å²) in [7, 11) is 0. The maximum Gasteiger partial charge on any atom is 0.410 e. The molecule has 5 heterocycles. The van der Waals surface area contributed by atoms with Crippen LogP contribution in [-0.4, -0.2) is 65.0 Å². The van der Waals surface area contributed by atoms with Crippen molar-refractivity contribution in [1.29, 1.82) is 5.26 Å². The van der Waals surface area contributed by atoms with Crippen molar-refractivity contribution in [3.63, 3.8) is 0 Å². The van der Waals surface area contributed by atoms with Crippen molar-refractivity contribution in [3.8, 4) is 23.2 Å². The van der Waals surface area contributed by atoms with Gasteiger partial charge < -0.3 is 14.4 Å². The highest BCUT2D eigenvalue weighted by Crippen LogP contribution is 2.45. The highest BCUT2D eigenvalue weighted by Gasteiger charge is 2.51. The molecule has 6 rings (SSSR count). The Morgan fingerprint density at radius 1 is 1.19 bits per heavy atom. The molecule has 42 heavy (non-hydrogen) atoms. The minimum atomic E-state index is -3.19. The summed E-state index contributed by atoms with van der Waals surface area (Å²) < 4.78 is 45.0. The van der Waals surface area contributed by atoms with Crippen LogP contribution in [0.4, 0.5) is 13.6 Å². The van der Waals surface area contributed by atoms with Crippen LogP contribution in [0.2, 0.25) is 0 Å². The zero-order valence-corrected chi connectivity index (χ0v) is 23.7. The normalized spacial score (nSPS) is 18.6. The summed E-state index contributed by atoms with van der Waals surface area (Å²) in [6.07, 6.45) is 1.72. The first-order valence-corrected chi connectivity index (χ1v) is 13.7. The number of nitrogens with zero attached hydrogens (tertiary/aromatic N) is 8. The Morgan fingerprint density at radius 2 is 1.95 bits per heavy atom. The van der Waals surface area contributed by atoms with Crippen LogP contribution in [0.1, 0.15) is 68.4 Å². The molecular weight excluding hydrogens is 546 g/mol. The molecule has 11 nitrogen and oxygen atoms in total. The van der Waals surface area contributed by atoms with E-state index in [1.165, 1.54) is 16.8 Å². The molecule has 0 aromatic carbocycles. The molecule has 4 aromatic heterocycles. The van der Waals surface area contributed by atoms with Gasteiger partial charge in [-0.3, -0.25) is 9.38 Å². The summed E-state index contributed by atoms with van der Waals surface area (Å²) in [5, 5.41) is 18.5. The molecule has 1 aliphatic heterocycles. The topological polar surface area (TPSA) is 123 Å². The third kappa shape index (κ3) is 4.91. The lowest BCUT2D eigenvalue weighted by Crippen LogP contribution is -2.42. The Labute approximate surface area is 240 Å². The van der Waals surface area contributed by atoms with Crippen LogP contribution in [0.5, 0.6) is 5.88 Å². The Bertz CT molecular complexity index is 1710. The fourth-order valence-corrected chi connectivity index (χ4v) is 5.60. The van der Waals surface area contributed by atoms with Crippen LogP contribution >= 0.6 is 0 Å². The molecule has 218 valence electrons. The van der Waals surface area contributed by atoms with E-state index in [1.807, 2.05) is 38.4 Å². The number of piperidine rings is 1. The van der Waals surface area contributed by atoms with Gasteiger partial charge in [-0.1, -0.05) is 11.3 Å². The molecular formula is C29H30F2N8O3. The molecule has 13 heteroatoms. The largest absolute Gasteiger partial charge is 0.462 e. The van der Waals surface area contributed by atoms with E-state index < -0.39 is 24.0 Å². The van der Waals surface area contributed by atoms with Gasteiger partial charge in [-0.2, -0.15) is 5.26 Å². The minimum Gasteiger partial charge on any atom is -0.462 e. The molecule has 1 amide bonds. The lowest BCUT2D eigenvalue weighted by Gasteiger charge is -2.33. The number of carbonyl (C=O) groups is 1. The van der Waals surface area contributed by atoms with Gasteiger partial charge in [0.15, 0.2) is 0 Å². The highest BCUT2D eigenvalue weighted by molar-refractivity contribution is 5.69. The van der Waals surface area contributed by atoms with Crippen molar-refractivity contribution in [2.45, 2.75) is 70.6 Å². The van der Waals surface area contributed by atoms with E-state index in [1.54, 1.807) is 29.2 Å². The average Bonchev–Trinajstić information content (AvgIpc) is 3.60. The number of nitriles is 1. The second-order valence-corrected chi connectivity index (χ2v) is 11.7. The van der Waals surface area contributed by atoms with Gasteiger partial charge >= 0.3 is 6.09 Å². The van der Waals surface area contributed by atoms with Crippen molar-refractivity contribution in [2.75, 3.05) is 13.1 Å². The lowest BCUT2D eigenvalue weighted by atomic mass is 10.0. The van der Waals surface area contributed by atoms with Gasteiger partial charge in [0, 0.05) is 37.3 Å². The number of alkyl halides is 2. The molecule has 0 N–H and O–H groups in total. The van der Waals surface area contributed by atoms with Crippen LogP contribution < -0.4 is 4.74 Å². The summed E-state index contributed by atoms with van der Waals surface area (Å²) in [6, 6.07) is 8.60. The van der Waals surface area contributed by atoms with E-state index in [0.717, 1.165) is 5.69 Å². The molecule has 1 fully saturated rings. The van der Waals surface area contributed by atoms with E-state index in [2.05, 4.69) is 20.3 Å². The second-order valence-electron chi connectivity index (χ2n) is 11.7. The second kappa shape index (κ2) is 10.0. The SMILES string of the molecule is Cc1c(-c2cc(OC3c4ncccc4CC3(F)F)n3c(C#N)cnc3c2)nnn1C1CCN(C(=O)OC(C)(C)C)CC1. The first-order chi connectivity index (χ1) is 19.9. The Hall–Kier alpha value is -4.60. The number of hydrogen-bond donors (Lipinski definition) is 0. The van der Waals surface area contributed by atoms with Crippen LogP contribution in [0.15, 0.2) is 36.7 Å². The van der Waals surface area contributed by atoms with E-state index in [4.69, 9.17) is 9.47 Å². The quantitative estimate of drug-likeness (QED) is 0.331. The number of aromatic nitrogens is 6. The number of likely N-dealkylation sites (tertiary alicyclic amines) is 1. The number of amides is 1. The third-order valence-electron chi connectivity index (χ3n) is 7.57. The molecule has 1 atom stereocenters. The Morgan fingerprint density at radius 3 is 2.67 bits per heavy atom. The van der Waals surface area contributed by atoms with Crippen LogP contribution in [-0.2, 0) is 11.2 Å². The third-order valence-corrected chi connectivity index (χ3v) is 7.57. The predicted octanol–water partition coefficient (Wildman–Crippen LogP) is 5.05. The maximum absolute atomic E-state index is 15.1. The summed E-state index contributed by atoms with van der Waals surface area (Å²) in [4.78, 5) is 22.7. The van der Waals surface area contributed by atoms with Gasteiger partial charge in [0.05, 0.1) is 23.6 Å². The Balaban J connectivity index is 1.30. The zero-order valence-electron chi connectivity index (χ0n) is 23.7. The molecule has 4 aromatic rings. The summed E-state index contributed by atoms with van der Waals surface area (Å²) in [5.41, 5.74) is 2.38. The lowest BCUT2D eigenvalue weighted by molar-refractivity contribution is -0.0876. The molecule has 0 bridgehead atoms. The van der Waals surface area contributed by atoms with E-state index in [-0.39, 0.29) is 29.4 Å². The van der Waals surface area contributed by atoms with E-state index >= 15 is 8.78 Å². The van der Waals surface area contributed by atoms with Crippen LogP contribution in [0.25, 0.3) is 16.9 Å². The van der Waals surface area contributed by atoms with E-state index in [0.29, 0.717) is 48.4 Å². The molecule has 0 saturated carbocycles. The molecule has 2 aliphatic rings. The van der Waals surface area contributed by atoms with Gasteiger partial charge in [0.2, 0.25) is 12.0 Å². The number of rotatable bonds is 4. The number of hydrogen-bond acceptors (Lipinski definition) is 8. The number of fused-ring (bicyclic) bond motifs is 2. The number of pyridine rings is 2. The molecule has 1 aliphatic carbocycles. The van der Waals surface area contributed by atoms with Gasteiger partial charge in [-0.05, 0) is 58.2 Å². The van der Waals surface area contributed by atoms with Crippen molar-refractivity contribution in [3.05, 3.63) is 59.3 Å². The van der Waals surface area contributed by atoms with Crippen LogP contribution in [0.3, 0.4) is 0 Å². The van der Waals surface area contributed by atoms with Crippen molar-refractivity contribution < 1.29 is 23.0 Å². The van der Waals surface area contributed by atoms with Crippen molar-refractivity contribution in [1.82, 2.24) is 34.3 Å². The first-order valence-electron chi connectivity index (χ1n) is 13.7. The summed E-state index contributed by atoms with van der Waals surface area (Å²) in [6.45, 7) is 8.45. The van der Waals surface area contributed by atoms with Gasteiger partial charge in [-0.15, -0.1) is 5.10 Å². The molecule has 1 saturated heterocycles. The van der Waals surface area contributed by atoms with Crippen LogP contribution in [0, 0.1) is 18.3 Å². The molecule has 0 radical (unpaired) electrons. The predicted molar refractivity (Wildman–Crippen MR) is 146 cm³/mol. The summed E-state index contributed by atoms with van der Waals surface area (Å²) >= 11 is 0. The fraction of sp³-hybridized carbons (Fsp3) is 0.448. The van der Waals surface area contributed by atoms with Crippen molar-refractivity contribution in [2.24, 2.45) is 0 Å². The molecule has 0 spiro atoms. The maximum atomic E-state index is 15.1. The number of imidazole rings is 1. The standard InChI is InChI=1S/C29H30F2N8O3/c1-17-24(35-36-39(17)20-7-10-37(11-8-20)27(40)42-28(2,3)4)19-12-22-34-16-21(15-32)38(22)23(13-19)41-26-25-18(6-5-9-33-25)14-29(26,30)31/h5-6,9,12-13,16,20,26H,7-8,10-11,14H2,1-4H3. The number of ether oxygens (including phenoxy) is 2. The van der Waals surface area contributed by atoms with E-state index in [9.17, 15) is 10.1 Å². The fourth-order valence-electron chi connectivity index (χ4n) is 5.60. The first kappa shape index (κ1) is 27.6. The smallest absolute Gasteiger partial charge is 0.410 e. The number of halogens is 2. The van der Waals surface area contributed by atoms with Gasteiger partial charge in [-0.25, -0.2) is 23.2 Å². The average molecular weight is 577 g/mol. The van der Waals surface area contributed by atoms with Gasteiger partial charge in [0.25, 0.3) is 5.92 Å². The van der Waals surface area contributed by atoms with Gasteiger partial charge in [0.1, 0.15) is 28.7 Å². The summed E-state index contributed by atoms with van der Waals surface area (Å²) in [5.74, 6) is -3.17.